The van der Waals surface area contributed by atoms with E-state index < -0.39 is 0 Å². The molecule has 0 saturated heterocycles. The molecule has 100 valence electrons. The molecule has 5 heteroatoms. The Bertz CT molecular complexity index is 366. The van der Waals surface area contributed by atoms with Crippen LogP contribution in [0.2, 0.25) is 0 Å². The quantitative estimate of drug-likeness (QED) is 0.647. The van der Waals surface area contributed by atoms with Gasteiger partial charge in [-0.25, -0.2) is 9.97 Å². The third-order valence-electron chi connectivity index (χ3n) is 3.51. The van der Waals surface area contributed by atoms with Crippen molar-refractivity contribution in [2.24, 2.45) is 5.92 Å². The Morgan fingerprint density at radius 3 is 2.44 bits per heavy atom. The highest BCUT2D eigenvalue weighted by Crippen LogP contribution is 2.26. The van der Waals surface area contributed by atoms with Crippen LogP contribution in [-0.4, -0.2) is 29.3 Å². The van der Waals surface area contributed by atoms with E-state index in [2.05, 4.69) is 27.5 Å². The molecule has 1 heterocycles. The van der Waals surface area contributed by atoms with Gasteiger partial charge in [-0.1, -0.05) is 18.7 Å². The second-order valence-corrected chi connectivity index (χ2v) is 5.75. The van der Waals surface area contributed by atoms with Gasteiger partial charge in [0.25, 0.3) is 0 Å². The van der Waals surface area contributed by atoms with E-state index in [-0.39, 0.29) is 0 Å². The van der Waals surface area contributed by atoms with Gasteiger partial charge in [-0.3, -0.25) is 0 Å². The van der Waals surface area contributed by atoms with Crippen molar-refractivity contribution in [1.82, 2.24) is 9.97 Å². The highest BCUT2D eigenvalue weighted by molar-refractivity contribution is 7.98. The minimum atomic E-state index is 0.565. The molecule has 0 amide bonds. The zero-order valence-corrected chi connectivity index (χ0v) is 12.2. The largest absolute Gasteiger partial charge is 0.373 e. The number of anilines is 2. The Kier molecular flexibility index (Phi) is 4.69. The average Bonchev–Trinajstić information content (AvgIpc) is 2.41. The molecule has 0 bridgehead atoms. The van der Waals surface area contributed by atoms with Gasteiger partial charge in [0.15, 0.2) is 5.16 Å². The highest BCUT2D eigenvalue weighted by atomic mass is 32.2. The number of nitrogens with one attached hydrogen (secondary N) is 2. The summed E-state index contributed by atoms with van der Waals surface area (Å²) in [4.78, 5) is 8.89. The lowest BCUT2D eigenvalue weighted by molar-refractivity contribution is 0.360. The molecule has 18 heavy (non-hydrogen) atoms. The van der Waals surface area contributed by atoms with Crippen LogP contribution in [0.4, 0.5) is 11.6 Å². The van der Waals surface area contributed by atoms with E-state index in [1.54, 1.807) is 11.8 Å². The number of hydrogen-bond donors (Lipinski definition) is 2. The highest BCUT2D eigenvalue weighted by Gasteiger charge is 2.18. The molecule has 0 aliphatic heterocycles. The van der Waals surface area contributed by atoms with Crippen LogP contribution in [0.3, 0.4) is 0 Å². The molecule has 0 unspecified atom stereocenters. The van der Waals surface area contributed by atoms with Gasteiger partial charge < -0.3 is 10.6 Å². The summed E-state index contributed by atoms with van der Waals surface area (Å²) < 4.78 is 0. The molecule has 1 aromatic heterocycles. The molecule has 1 saturated carbocycles. The maximum absolute atomic E-state index is 4.51. The van der Waals surface area contributed by atoms with E-state index in [4.69, 9.17) is 0 Å². The topological polar surface area (TPSA) is 49.8 Å². The van der Waals surface area contributed by atoms with Crippen LogP contribution in [-0.2, 0) is 0 Å². The Morgan fingerprint density at radius 2 is 1.83 bits per heavy atom. The van der Waals surface area contributed by atoms with Crippen molar-refractivity contribution in [3.63, 3.8) is 0 Å². The first-order valence-corrected chi connectivity index (χ1v) is 7.81. The normalized spacial score (nSPS) is 23.7. The molecule has 0 atom stereocenters. The molecule has 1 aromatic rings. The Morgan fingerprint density at radius 1 is 1.17 bits per heavy atom. The van der Waals surface area contributed by atoms with Gasteiger partial charge in [0.1, 0.15) is 11.6 Å². The lowest BCUT2D eigenvalue weighted by atomic mass is 9.87. The second kappa shape index (κ2) is 6.27. The summed E-state index contributed by atoms with van der Waals surface area (Å²) >= 11 is 1.57. The lowest BCUT2D eigenvalue weighted by Crippen LogP contribution is -2.25. The second-order valence-electron chi connectivity index (χ2n) is 4.98. The Balaban J connectivity index is 2.03. The zero-order valence-electron chi connectivity index (χ0n) is 11.4. The van der Waals surface area contributed by atoms with Gasteiger partial charge in [-0.15, -0.1) is 0 Å². The molecule has 1 aliphatic carbocycles. The molecule has 2 rings (SSSR count). The number of rotatable bonds is 4. The number of aromatic nitrogens is 2. The summed E-state index contributed by atoms with van der Waals surface area (Å²) in [5.74, 6) is 2.70. The third kappa shape index (κ3) is 3.51. The maximum Gasteiger partial charge on any atom is 0.191 e. The van der Waals surface area contributed by atoms with Gasteiger partial charge >= 0.3 is 0 Å². The summed E-state index contributed by atoms with van der Waals surface area (Å²) in [7, 11) is 1.89. The predicted octanol–water partition coefficient (Wildman–Crippen LogP) is 3.23. The van der Waals surface area contributed by atoms with Crippen molar-refractivity contribution in [3.05, 3.63) is 6.07 Å². The van der Waals surface area contributed by atoms with E-state index in [9.17, 15) is 0 Å². The van der Waals surface area contributed by atoms with E-state index in [0.29, 0.717) is 6.04 Å². The van der Waals surface area contributed by atoms with E-state index >= 15 is 0 Å². The minimum absolute atomic E-state index is 0.565. The molecule has 2 N–H and O–H groups in total. The molecule has 1 fully saturated rings. The van der Waals surface area contributed by atoms with Crippen LogP contribution in [0.5, 0.6) is 0 Å². The fourth-order valence-electron chi connectivity index (χ4n) is 2.33. The van der Waals surface area contributed by atoms with Gasteiger partial charge in [0.05, 0.1) is 0 Å². The summed E-state index contributed by atoms with van der Waals surface area (Å²) in [5.41, 5.74) is 0. The molecule has 0 radical (unpaired) electrons. The van der Waals surface area contributed by atoms with Crippen LogP contribution >= 0.6 is 11.8 Å². The SMILES string of the molecule is CNc1cc(NC2CCC(C)CC2)nc(SC)n1. The molecule has 0 aromatic carbocycles. The number of thioether (sulfide) groups is 1. The van der Waals surface area contributed by atoms with Gasteiger partial charge in [-0.05, 0) is 37.9 Å². The van der Waals surface area contributed by atoms with Crippen LogP contribution in [0.1, 0.15) is 32.6 Å². The van der Waals surface area contributed by atoms with Crippen molar-refractivity contribution in [3.8, 4) is 0 Å². The molecular formula is C13H22N4S. The molecule has 1 aliphatic rings. The van der Waals surface area contributed by atoms with E-state index in [1.807, 2.05) is 19.4 Å². The minimum Gasteiger partial charge on any atom is -0.373 e. The maximum atomic E-state index is 4.51. The third-order valence-corrected chi connectivity index (χ3v) is 4.06. The molecular weight excluding hydrogens is 244 g/mol. The van der Waals surface area contributed by atoms with E-state index in [0.717, 1.165) is 22.7 Å². The lowest BCUT2D eigenvalue weighted by Gasteiger charge is -2.27. The Hall–Kier alpha value is -0.970. The molecule has 4 nitrogen and oxygen atoms in total. The molecule has 0 spiro atoms. The first kappa shape index (κ1) is 13.5. The van der Waals surface area contributed by atoms with Gasteiger partial charge in [0, 0.05) is 19.2 Å². The smallest absolute Gasteiger partial charge is 0.191 e. The summed E-state index contributed by atoms with van der Waals surface area (Å²) in [6.45, 7) is 2.34. The zero-order chi connectivity index (χ0) is 13.0. The first-order valence-electron chi connectivity index (χ1n) is 6.58. The fraction of sp³-hybridized carbons (Fsp3) is 0.692. The van der Waals surface area contributed by atoms with Crippen LogP contribution in [0.25, 0.3) is 0 Å². The summed E-state index contributed by atoms with van der Waals surface area (Å²) in [5, 5.41) is 7.44. The van der Waals surface area contributed by atoms with Crippen molar-refractivity contribution in [1.29, 1.82) is 0 Å². The van der Waals surface area contributed by atoms with Crippen molar-refractivity contribution < 1.29 is 0 Å². The number of nitrogens with zero attached hydrogens (tertiary/aromatic N) is 2. The monoisotopic (exact) mass is 266 g/mol. The van der Waals surface area contributed by atoms with Gasteiger partial charge in [0.2, 0.25) is 0 Å². The predicted molar refractivity (Wildman–Crippen MR) is 78.4 cm³/mol. The first-order chi connectivity index (χ1) is 8.71. The van der Waals surface area contributed by atoms with Crippen molar-refractivity contribution >= 4 is 23.4 Å². The van der Waals surface area contributed by atoms with Crippen LogP contribution in [0, 0.1) is 5.92 Å². The van der Waals surface area contributed by atoms with Crippen molar-refractivity contribution in [2.75, 3.05) is 23.9 Å². The van der Waals surface area contributed by atoms with Gasteiger partial charge in [-0.2, -0.15) is 0 Å². The fourth-order valence-corrected chi connectivity index (χ4v) is 2.71. The Labute approximate surface area is 113 Å². The standard InChI is InChI=1S/C13H22N4S/c1-9-4-6-10(7-5-9)15-12-8-11(14-2)16-13(17-12)18-3/h8-10H,4-7H2,1-3H3,(H2,14,15,16,17). The number of hydrogen-bond acceptors (Lipinski definition) is 5. The summed E-state index contributed by atoms with van der Waals surface area (Å²) in [6.07, 6.45) is 7.12. The van der Waals surface area contributed by atoms with Crippen molar-refractivity contribution in [2.45, 2.75) is 43.8 Å². The van der Waals surface area contributed by atoms with Crippen LogP contribution < -0.4 is 10.6 Å². The summed E-state index contributed by atoms with van der Waals surface area (Å²) in [6, 6.07) is 2.55. The average molecular weight is 266 g/mol. The van der Waals surface area contributed by atoms with E-state index in [1.165, 1.54) is 25.7 Å². The van der Waals surface area contributed by atoms with Crippen LogP contribution in [0.15, 0.2) is 11.2 Å².